The van der Waals surface area contributed by atoms with Crippen LogP contribution in [0.3, 0.4) is 0 Å². The van der Waals surface area contributed by atoms with Gasteiger partial charge in [-0.1, -0.05) is 6.07 Å². The standard InChI is InChI=1S/C15H10F2N2O2S/c1-8-12(19-15(22-8)11-6-3-7-21-11)14(20)18-13-9(16)4-2-5-10(13)17/h2-7H,1H3,(H,18,20). The van der Waals surface area contributed by atoms with E-state index in [-0.39, 0.29) is 5.69 Å². The summed E-state index contributed by atoms with van der Waals surface area (Å²) in [5, 5.41) is 2.75. The molecule has 0 saturated heterocycles. The first-order valence-electron chi connectivity index (χ1n) is 6.33. The molecule has 0 unspecified atom stereocenters. The summed E-state index contributed by atoms with van der Waals surface area (Å²) in [5.41, 5.74) is -0.376. The number of amides is 1. The first kappa shape index (κ1) is 14.4. The van der Waals surface area contributed by atoms with E-state index >= 15 is 0 Å². The van der Waals surface area contributed by atoms with Gasteiger partial charge in [-0.2, -0.15) is 0 Å². The third-order valence-electron chi connectivity index (χ3n) is 2.94. The number of aryl methyl sites for hydroxylation is 1. The fourth-order valence-electron chi connectivity index (χ4n) is 1.90. The molecule has 0 saturated carbocycles. The second kappa shape index (κ2) is 5.69. The van der Waals surface area contributed by atoms with Crippen molar-refractivity contribution in [3.63, 3.8) is 0 Å². The van der Waals surface area contributed by atoms with Crippen molar-refractivity contribution in [2.75, 3.05) is 5.32 Å². The highest BCUT2D eigenvalue weighted by molar-refractivity contribution is 7.15. The third-order valence-corrected chi connectivity index (χ3v) is 3.93. The summed E-state index contributed by atoms with van der Waals surface area (Å²) in [5.74, 6) is -1.82. The van der Waals surface area contributed by atoms with Crippen LogP contribution in [0, 0.1) is 18.6 Å². The molecule has 7 heteroatoms. The van der Waals surface area contributed by atoms with Gasteiger partial charge in [-0.25, -0.2) is 13.8 Å². The SMILES string of the molecule is Cc1sc(-c2ccco2)nc1C(=O)Nc1c(F)cccc1F. The zero-order valence-corrected chi connectivity index (χ0v) is 12.2. The molecule has 0 radical (unpaired) electrons. The van der Waals surface area contributed by atoms with Crippen LogP contribution in [0.4, 0.5) is 14.5 Å². The van der Waals surface area contributed by atoms with Gasteiger partial charge in [-0.15, -0.1) is 11.3 Å². The minimum absolute atomic E-state index is 0.110. The quantitative estimate of drug-likeness (QED) is 0.785. The van der Waals surface area contributed by atoms with Crippen molar-refractivity contribution in [2.45, 2.75) is 6.92 Å². The van der Waals surface area contributed by atoms with Crippen LogP contribution in [-0.4, -0.2) is 10.9 Å². The predicted octanol–water partition coefficient (Wildman–Crippen LogP) is 4.24. The van der Waals surface area contributed by atoms with Gasteiger partial charge in [0.05, 0.1) is 6.26 Å². The van der Waals surface area contributed by atoms with Gasteiger partial charge in [0.15, 0.2) is 10.8 Å². The summed E-state index contributed by atoms with van der Waals surface area (Å²) >= 11 is 1.27. The Hall–Kier alpha value is -2.54. The number of thiazole rings is 1. The van der Waals surface area contributed by atoms with E-state index in [1.807, 2.05) is 0 Å². The highest BCUT2D eigenvalue weighted by Crippen LogP contribution is 2.28. The molecule has 0 bridgehead atoms. The lowest BCUT2D eigenvalue weighted by Crippen LogP contribution is -2.15. The monoisotopic (exact) mass is 320 g/mol. The molecule has 1 amide bonds. The topological polar surface area (TPSA) is 55.1 Å². The lowest BCUT2D eigenvalue weighted by Gasteiger charge is -2.06. The van der Waals surface area contributed by atoms with Gasteiger partial charge in [0.25, 0.3) is 5.91 Å². The van der Waals surface area contributed by atoms with Gasteiger partial charge in [-0.3, -0.25) is 4.79 Å². The minimum atomic E-state index is -0.840. The lowest BCUT2D eigenvalue weighted by molar-refractivity contribution is 0.102. The average Bonchev–Trinajstić information content (AvgIpc) is 3.12. The van der Waals surface area contributed by atoms with Crippen molar-refractivity contribution >= 4 is 22.9 Å². The number of nitrogens with zero attached hydrogens (tertiary/aromatic N) is 1. The normalized spacial score (nSPS) is 10.7. The Morgan fingerprint density at radius 2 is 1.95 bits per heavy atom. The Kier molecular flexibility index (Phi) is 3.72. The van der Waals surface area contributed by atoms with E-state index in [4.69, 9.17) is 4.42 Å². The molecule has 3 rings (SSSR count). The largest absolute Gasteiger partial charge is 0.462 e. The molecule has 0 aliphatic carbocycles. The summed E-state index contributed by atoms with van der Waals surface area (Å²) in [6, 6.07) is 6.79. The smallest absolute Gasteiger partial charge is 0.275 e. The van der Waals surface area contributed by atoms with Gasteiger partial charge in [0, 0.05) is 4.88 Å². The van der Waals surface area contributed by atoms with Crippen LogP contribution in [0.1, 0.15) is 15.4 Å². The summed E-state index contributed by atoms with van der Waals surface area (Å²) in [4.78, 5) is 17.0. The molecule has 1 N–H and O–H groups in total. The number of hydrogen-bond donors (Lipinski definition) is 1. The maximum atomic E-state index is 13.6. The maximum absolute atomic E-state index is 13.6. The molecule has 112 valence electrons. The molecule has 2 aromatic heterocycles. The highest BCUT2D eigenvalue weighted by Gasteiger charge is 2.20. The van der Waals surface area contributed by atoms with Gasteiger partial charge in [0.2, 0.25) is 0 Å². The number of benzene rings is 1. The van der Waals surface area contributed by atoms with Gasteiger partial charge < -0.3 is 9.73 Å². The molecular formula is C15H10F2N2O2S. The number of carbonyl (C=O) groups excluding carboxylic acids is 1. The molecule has 0 fully saturated rings. The first-order chi connectivity index (χ1) is 10.6. The van der Waals surface area contributed by atoms with Gasteiger partial charge in [-0.05, 0) is 31.2 Å². The molecule has 0 aliphatic rings. The van der Waals surface area contributed by atoms with E-state index in [0.717, 1.165) is 12.1 Å². The number of rotatable bonds is 3. The Balaban J connectivity index is 1.90. The Morgan fingerprint density at radius 3 is 2.59 bits per heavy atom. The minimum Gasteiger partial charge on any atom is -0.462 e. The zero-order valence-electron chi connectivity index (χ0n) is 11.4. The molecule has 3 aromatic rings. The number of nitrogens with one attached hydrogen (secondary N) is 1. The lowest BCUT2D eigenvalue weighted by atomic mass is 10.2. The van der Waals surface area contributed by atoms with Crippen molar-refractivity contribution in [3.05, 3.63) is 58.8 Å². The van der Waals surface area contributed by atoms with Crippen LogP contribution in [-0.2, 0) is 0 Å². The number of furan rings is 1. The van der Waals surface area contributed by atoms with E-state index in [0.29, 0.717) is 15.6 Å². The molecule has 0 atom stereocenters. The molecule has 22 heavy (non-hydrogen) atoms. The zero-order chi connectivity index (χ0) is 15.7. The Bertz CT molecular complexity index is 808. The summed E-state index contributed by atoms with van der Waals surface area (Å²) in [6.07, 6.45) is 1.50. The van der Waals surface area contributed by atoms with Crippen molar-refractivity contribution in [3.8, 4) is 10.8 Å². The van der Waals surface area contributed by atoms with Crippen LogP contribution in [0.5, 0.6) is 0 Å². The van der Waals surface area contributed by atoms with Gasteiger partial charge in [0.1, 0.15) is 23.0 Å². The van der Waals surface area contributed by atoms with E-state index in [2.05, 4.69) is 10.3 Å². The molecule has 1 aromatic carbocycles. The fraction of sp³-hybridized carbons (Fsp3) is 0.0667. The number of para-hydroxylation sites is 1. The number of anilines is 1. The summed E-state index contributed by atoms with van der Waals surface area (Å²) in [7, 11) is 0. The van der Waals surface area contributed by atoms with Crippen LogP contribution < -0.4 is 5.32 Å². The number of aromatic nitrogens is 1. The summed E-state index contributed by atoms with van der Waals surface area (Å²) in [6.45, 7) is 1.71. The van der Waals surface area contributed by atoms with Crippen molar-refractivity contribution < 1.29 is 18.0 Å². The highest BCUT2D eigenvalue weighted by atomic mass is 32.1. The Morgan fingerprint density at radius 1 is 1.23 bits per heavy atom. The molecule has 0 aliphatic heterocycles. The molecule has 0 spiro atoms. The number of halogens is 2. The van der Waals surface area contributed by atoms with Crippen molar-refractivity contribution in [1.82, 2.24) is 4.98 Å². The first-order valence-corrected chi connectivity index (χ1v) is 7.14. The third kappa shape index (κ3) is 2.62. The fourth-order valence-corrected chi connectivity index (χ4v) is 2.78. The van der Waals surface area contributed by atoms with E-state index in [1.165, 1.54) is 23.7 Å². The van der Waals surface area contributed by atoms with E-state index < -0.39 is 23.2 Å². The van der Waals surface area contributed by atoms with E-state index in [1.54, 1.807) is 19.1 Å². The molecular weight excluding hydrogens is 310 g/mol. The second-order valence-electron chi connectivity index (χ2n) is 4.45. The van der Waals surface area contributed by atoms with Crippen LogP contribution in [0.2, 0.25) is 0 Å². The van der Waals surface area contributed by atoms with Crippen LogP contribution in [0.25, 0.3) is 10.8 Å². The second-order valence-corrected chi connectivity index (χ2v) is 5.66. The summed E-state index contributed by atoms with van der Waals surface area (Å²) < 4.78 is 32.4. The maximum Gasteiger partial charge on any atom is 0.275 e. The number of hydrogen-bond acceptors (Lipinski definition) is 4. The average molecular weight is 320 g/mol. The van der Waals surface area contributed by atoms with E-state index in [9.17, 15) is 13.6 Å². The van der Waals surface area contributed by atoms with Gasteiger partial charge >= 0.3 is 0 Å². The van der Waals surface area contributed by atoms with Crippen LogP contribution in [0.15, 0.2) is 41.0 Å². The number of carbonyl (C=O) groups is 1. The molecule has 4 nitrogen and oxygen atoms in total. The van der Waals surface area contributed by atoms with Crippen LogP contribution >= 0.6 is 11.3 Å². The Labute approximate surface area is 128 Å². The van der Waals surface area contributed by atoms with Crippen molar-refractivity contribution in [1.29, 1.82) is 0 Å². The molecule has 2 heterocycles. The van der Waals surface area contributed by atoms with Crippen molar-refractivity contribution in [2.24, 2.45) is 0 Å². The predicted molar refractivity (Wildman–Crippen MR) is 78.9 cm³/mol.